The Morgan fingerprint density at radius 2 is 0.952 bits per heavy atom. The second-order valence-electron chi connectivity index (χ2n) is 15.2. The third-order valence-corrected chi connectivity index (χ3v) is 11.0. The first-order valence-corrected chi connectivity index (χ1v) is 19.4. The van der Waals surface area contributed by atoms with Crippen LogP contribution in [-0.2, 0) is 41.5 Å². The van der Waals surface area contributed by atoms with Gasteiger partial charge in [-0.1, -0.05) is 0 Å². The summed E-state index contributed by atoms with van der Waals surface area (Å²) in [5, 5.41) is 15.6. The number of carbonyl (C=O) groups is 6. The molecule has 16 nitrogen and oxygen atoms in total. The van der Waals surface area contributed by atoms with Gasteiger partial charge in [0.2, 0.25) is 11.8 Å². The van der Waals surface area contributed by atoms with Crippen molar-refractivity contribution in [1.29, 1.82) is 0 Å². The van der Waals surface area contributed by atoms with E-state index in [0.717, 1.165) is 25.0 Å². The summed E-state index contributed by atoms with van der Waals surface area (Å²) in [6.07, 6.45) is 1.62. The summed E-state index contributed by atoms with van der Waals surface area (Å²) >= 11 is 0. The number of fused-ring (bicyclic) bond motifs is 2. The highest BCUT2D eigenvalue weighted by Gasteiger charge is 2.46. The standard InChI is InChI=1S/2C18H22F3N3O3.C4H4O4/c2*1-27-18(26)23-8-10-2-3-24(16(10)9-23)17(25)6-12(22)4-11-5-14(20)15(21)7-13(11)19;5-3(6)1-2-4(7)8/h2*5,7,10,12,16H,2-4,6,8-9,22H2,1H3;1-2H,(H,5,6)(H,7,8)/b;;2-1+/t2*10-,12+,16+;/m00./s1. The molecule has 0 unspecified atom stereocenters. The summed E-state index contributed by atoms with van der Waals surface area (Å²) in [5.74, 6) is -9.09. The molecular weight excluding hydrogens is 838 g/mol. The van der Waals surface area contributed by atoms with Gasteiger partial charge in [-0.2, -0.15) is 0 Å². The number of hydrogen-bond donors (Lipinski definition) is 4. The molecule has 0 radical (unpaired) electrons. The van der Waals surface area contributed by atoms with Gasteiger partial charge in [-0.25, -0.2) is 45.5 Å². The summed E-state index contributed by atoms with van der Waals surface area (Å²) in [7, 11) is 2.63. The van der Waals surface area contributed by atoms with Gasteiger partial charge >= 0.3 is 24.1 Å². The Morgan fingerprint density at radius 1 is 0.613 bits per heavy atom. The van der Waals surface area contributed by atoms with E-state index in [4.69, 9.17) is 31.2 Å². The van der Waals surface area contributed by atoms with Crippen molar-refractivity contribution >= 4 is 35.9 Å². The van der Waals surface area contributed by atoms with Gasteiger partial charge in [-0.05, 0) is 48.9 Å². The molecule has 6 rings (SSSR count). The lowest BCUT2D eigenvalue weighted by Crippen LogP contribution is -2.43. The number of nitrogens with zero attached hydrogens (tertiary/aromatic N) is 4. The van der Waals surface area contributed by atoms with Crippen LogP contribution in [0.5, 0.6) is 0 Å². The molecule has 4 amide bonds. The quantitative estimate of drug-likeness (QED) is 0.154. The highest BCUT2D eigenvalue weighted by molar-refractivity contribution is 5.89. The van der Waals surface area contributed by atoms with E-state index in [1.807, 2.05) is 0 Å². The summed E-state index contributed by atoms with van der Waals surface area (Å²) in [4.78, 5) is 74.3. The minimum absolute atomic E-state index is 0.0418. The van der Waals surface area contributed by atoms with Gasteiger partial charge in [0.15, 0.2) is 23.3 Å². The fraction of sp³-hybridized carbons (Fsp3) is 0.500. The summed E-state index contributed by atoms with van der Waals surface area (Å²) < 4.78 is 89.6. The number of carboxylic acid groups (broad SMARTS) is 2. The van der Waals surface area contributed by atoms with E-state index in [1.54, 1.807) is 19.6 Å². The number of rotatable bonds is 10. The molecular formula is C40H48F6N6O10. The van der Waals surface area contributed by atoms with E-state index < -0.39 is 71.1 Å². The number of carboxylic acids is 2. The summed E-state index contributed by atoms with van der Waals surface area (Å²) in [6.45, 7) is 3.08. The van der Waals surface area contributed by atoms with E-state index in [-0.39, 0.29) is 72.5 Å². The zero-order valence-corrected chi connectivity index (χ0v) is 33.8. The highest BCUT2D eigenvalue weighted by atomic mass is 19.2. The number of carbonyl (C=O) groups excluding carboxylic acids is 4. The number of halogens is 6. The number of hydrogen-bond acceptors (Lipinski definition) is 10. The first kappa shape index (κ1) is 48.8. The molecule has 0 bridgehead atoms. The number of aliphatic carboxylic acids is 2. The molecule has 0 spiro atoms. The Bertz CT molecular complexity index is 1890. The molecule has 6 N–H and O–H groups in total. The SMILES string of the molecule is COC(=O)N1C[C@@H]2CCN(C(=O)C[C@H](N)Cc3cc(F)c(F)cc3F)[C@@H]2C1.COC(=O)N1C[C@@H]2CCN(C(=O)C[C@H](N)Cc3cc(F)c(F)cc3F)[C@@H]2C1.O=C(O)/C=C/C(=O)O. The van der Waals surface area contributed by atoms with E-state index in [0.29, 0.717) is 63.6 Å². The predicted octanol–water partition coefficient (Wildman–Crippen LogP) is 3.04. The van der Waals surface area contributed by atoms with Gasteiger partial charge in [0.1, 0.15) is 11.6 Å². The van der Waals surface area contributed by atoms with Crippen LogP contribution in [0.1, 0.15) is 36.8 Å². The molecule has 4 aliphatic rings. The van der Waals surface area contributed by atoms with Crippen LogP contribution in [0.25, 0.3) is 0 Å². The van der Waals surface area contributed by atoms with Crippen molar-refractivity contribution < 1.29 is 74.8 Å². The largest absolute Gasteiger partial charge is 0.478 e. The van der Waals surface area contributed by atoms with Crippen LogP contribution in [0.2, 0.25) is 0 Å². The molecule has 0 aromatic heterocycles. The minimum atomic E-state index is -1.26. The number of nitrogens with two attached hydrogens (primary N) is 2. The second kappa shape index (κ2) is 21.8. The van der Waals surface area contributed by atoms with Gasteiger partial charge in [-0.3, -0.25) is 9.59 Å². The van der Waals surface area contributed by atoms with E-state index in [9.17, 15) is 55.1 Å². The third-order valence-electron chi connectivity index (χ3n) is 11.0. The Labute approximate surface area is 352 Å². The molecule has 62 heavy (non-hydrogen) atoms. The first-order valence-electron chi connectivity index (χ1n) is 19.4. The molecule has 6 atom stereocenters. The zero-order valence-electron chi connectivity index (χ0n) is 33.8. The lowest BCUT2D eigenvalue weighted by atomic mass is 10.0. The Balaban J connectivity index is 0.000000232. The molecule has 2 aromatic rings. The van der Waals surface area contributed by atoms with E-state index in [2.05, 4.69) is 0 Å². The number of benzene rings is 2. The minimum Gasteiger partial charge on any atom is -0.478 e. The molecule has 0 aliphatic carbocycles. The van der Waals surface area contributed by atoms with Gasteiger partial charge in [-0.15, -0.1) is 0 Å². The van der Waals surface area contributed by atoms with Crippen molar-refractivity contribution in [2.75, 3.05) is 53.5 Å². The molecule has 340 valence electrons. The predicted molar refractivity (Wildman–Crippen MR) is 205 cm³/mol. The Kier molecular flexibility index (Phi) is 17.1. The van der Waals surface area contributed by atoms with Gasteiger partial charge in [0, 0.05) is 100 Å². The van der Waals surface area contributed by atoms with Crippen molar-refractivity contribution in [3.63, 3.8) is 0 Å². The van der Waals surface area contributed by atoms with Crippen molar-refractivity contribution in [3.8, 4) is 0 Å². The van der Waals surface area contributed by atoms with Crippen LogP contribution in [0.15, 0.2) is 36.4 Å². The van der Waals surface area contributed by atoms with Gasteiger partial charge in [0.25, 0.3) is 0 Å². The van der Waals surface area contributed by atoms with Crippen molar-refractivity contribution in [3.05, 3.63) is 82.4 Å². The molecule has 4 fully saturated rings. The van der Waals surface area contributed by atoms with Gasteiger partial charge < -0.3 is 50.8 Å². The number of likely N-dealkylation sites (tertiary alicyclic amines) is 4. The maximum atomic E-state index is 13.8. The average Bonchev–Trinajstić information content (AvgIpc) is 4.00. The second-order valence-corrected chi connectivity index (χ2v) is 15.2. The molecule has 4 saturated heterocycles. The molecule has 2 aromatic carbocycles. The zero-order chi connectivity index (χ0) is 46.0. The molecule has 4 aliphatic heterocycles. The molecule has 0 saturated carbocycles. The van der Waals surface area contributed by atoms with Crippen molar-refractivity contribution in [1.82, 2.24) is 19.6 Å². The lowest BCUT2D eigenvalue weighted by Gasteiger charge is -2.26. The third kappa shape index (κ3) is 12.8. The van der Waals surface area contributed by atoms with Crippen LogP contribution < -0.4 is 11.5 Å². The van der Waals surface area contributed by atoms with Crippen LogP contribution >= 0.6 is 0 Å². The maximum absolute atomic E-state index is 13.8. The summed E-state index contributed by atoms with van der Waals surface area (Å²) in [6, 6.07) is 0.878. The van der Waals surface area contributed by atoms with Gasteiger partial charge in [0.05, 0.1) is 26.3 Å². The van der Waals surface area contributed by atoms with Crippen molar-refractivity contribution in [2.24, 2.45) is 23.3 Å². The fourth-order valence-electron chi connectivity index (χ4n) is 8.07. The normalized spacial score (nSPS) is 21.0. The summed E-state index contributed by atoms with van der Waals surface area (Å²) in [5.41, 5.74) is 11.8. The Morgan fingerprint density at radius 3 is 1.27 bits per heavy atom. The smallest absolute Gasteiger partial charge is 0.409 e. The number of methoxy groups -OCH3 is 2. The van der Waals surface area contributed by atoms with Crippen LogP contribution in [-0.4, -0.2) is 143 Å². The molecule has 22 heteroatoms. The van der Waals surface area contributed by atoms with E-state index in [1.165, 1.54) is 14.2 Å². The van der Waals surface area contributed by atoms with Crippen LogP contribution in [0.4, 0.5) is 35.9 Å². The highest BCUT2D eigenvalue weighted by Crippen LogP contribution is 2.34. The fourth-order valence-corrected chi connectivity index (χ4v) is 8.07. The topological polar surface area (TPSA) is 226 Å². The average molecular weight is 887 g/mol. The first-order chi connectivity index (χ1) is 29.2. The Hall–Kier alpha value is -5.90. The number of amides is 4. The lowest BCUT2D eigenvalue weighted by molar-refractivity contribution is -0.134. The van der Waals surface area contributed by atoms with Crippen LogP contribution in [0.3, 0.4) is 0 Å². The number of ether oxygens (including phenoxy) is 2. The van der Waals surface area contributed by atoms with Crippen molar-refractivity contribution in [2.45, 2.75) is 62.7 Å². The maximum Gasteiger partial charge on any atom is 0.409 e. The molecule has 4 heterocycles. The van der Waals surface area contributed by atoms with E-state index >= 15 is 0 Å². The van der Waals surface area contributed by atoms with Crippen LogP contribution in [0, 0.1) is 46.7 Å². The monoisotopic (exact) mass is 886 g/mol.